The number of hydrogen-bond donors (Lipinski definition) is 0. The zero-order chi connectivity index (χ0) is 30.5. The molecule has 0 spiro atoms. The number of benzene rings is 4. The molecule has 0 heteroatoms. The van der Waals surface area contributed by atoms with Gasteiger partial charge >= 0.3 is 0 Å². The predicted octanol–water partition coefficient (Wildman–Crippen LogP) is 13.3. The molecule has 0 aliphatic heterocycles. The fourth-order valence-corrected chi connectivity index (χ4v) is 8.39. The topological polar surface area (TPSA) is 0 Å². The fraction of sp³-hybridized carbons (Fsp3) is 0.455. The van der Waals surface area contributed by atoms with Gasteiger partial charge in [-0.25, -0.2) is 0 Å². The van der Waals surface area contributed by atoms with E-state index in [1.807, 2.05) is 0 Å². The molecule has 0 heterocycles. The molecule has 4 aromatic rings. The summed E-state index contributed by atoms with van der Waals surface area (Å²) in [5.74, 6) is 0. The van der Waals surface area contributed by atoms with Gasteiger partial charge in [0.1, 0.15) is 0 Å². The molecule has 44 heavy (non-hydrogen) atoms. The van der Waals surface area contributed by atoms with Crippen molar-refractivity contribution >= 4 is 0 Å². The Morgan fingerprint density at radius 1 is 0.455 bits per heavy atom. The van der Waals surface area contributed by atoms with Crippen molar-refractivity contribution in [2.24, 2.45) is 0 Å². The molecule has 230 valence electrons. The van der Waals surface area contributed by atoms with Gasteiger partial charge in [0.2, 0.25) is 0 Å². The van der Waals surface area contributed by atoms with Crippen molar-refractivity contribution in [1.29, 1.82) is 0 Å². The predicted molar refractivity (Wildman–Crippen MR) is 192 cm³/mol. The summed E-state index contributed by atoms with van der Waals surface area (Å²) in [7, 11) is 0. The van der Waals surface area contributed by atoms with Crippen molar-refractivity contribution < 1.29 is 0 Å². The molecule has 0 amide bonds. The normalized spacial score (nSPS) is 13.9. The average Bonchev–Trinajstić information content (AvgIpc) is 3.52. The molecule has 0 fully saturated rings. The van der Waals surface area contributed by atoms with Crippen molar-refractivity contribution in [2.45, 2.75) is 129 Å². The van der Waals surface area contributed by atoms with Gasteiger partial charge in [-0.2, -0.15) is 0 Å². The van der Waals surface area contributed by atoms with E-state index in [0.717, 1.165) is 6.42 Å². The SMILES string of the molecule is CCCCCCCCC1(CCCCCCCC)c2cc(C)ccc2-c2ccc(-c3ccc4c(c3)Cc3cc(C)ccc3-4)cc21. The van der Waals surface area contributed by atoms with E-state index in [-0.39, 0.29) is 5.41 Å². The first-order valence-electron chi connectivity index (χ1n) is 18.0. The lowest BCUT2D eigenvalue weighted by Crippen LogP contribution is -2.25. The monoisotopic (exact) mass is 582 g/mol. The average molecular weight is 583 g/mol. The van der Waals surface area contributed by atoms with Crippen LogP contribution in [-0.4, -0.2) is 0 Å². The number of rotatable bonds is 15. The summed E-state index contributed by atoms with van der Waals surface area (Å²) in [5, 5.41) is 0. The molecule has 0 atom stereocenters. The van der Waals surface area contributed by atoms with Crippen LogP contribution in [0.25, 0.3) is 33.4 Å². The van der Waals surface area contributed by atoms with Crippen molar-refractivity contribution in [2.75, 3.05) is 0 Å². The van der Waals surface area contributed by atoms with Crippen LogP contribution in [0.2, 0.25) is 0 Å². The number of hydrogen-bond acceptors (Lipinski definition) is 0. The zero-order valence-electron chi connectivity index (χ0n) is 28.0. The summed E-state index contributed by atoms with van der Waals surface area (Å²) < 4.78 is 0. The minimum absolute atomic E-state index is 0.132. The Labute approximate surface area is 268 Å². The van der Waals surface area contributed by atoms with E-state index in [2.05, 4.69) is 100 Å². The van der Waals surface area contributed by atoms with Crippen molar-refractivity contribution in [3.8, 4) is 33.4 Å². The smallest absolute Gasteiger partial charge is 0.0215 e. The summed E-state index contributed by atoms with van der Waals surface area (Å²) >= 11 is 0. The summed E-state index contributed by atoms with van der Waals surface area (Å²) in [6.45, 7) is 9.14. The Hall–Kier alpha value is -3.12. The molecular formula is C44H54. The number of unbranched alkanes of at least 4 members (excludes halogenated alkanes) is 10. The summed E-state index contributed by atoms with van der Waals surface area (Å²) in [6, 6.07) is 29.0. The summed E-state index contributed by atoms with van der Waals surface area (Å²) in [5.41, 5.74) is 17.7. The molecule has 0 saturated heterocycles. The first-order valence-corrected chi connectivity index (χ1v) is 18.0. The van der Waals surface area contributed by atoms with Gasteiger partial charge in [0, 0.05) is 5.41 Å². The van der Waals surface area contributed by atoms with Gasteiger partial charge < -0.3 is 0 Å². The lowest BCUT2D eigenvalue weighted by molar-refractivity contribution is 0.398. The quantitative estimate of drug-likeness (QED) is 0.108. The van der Waals surface area contributed by atoms with Crippen molar-refractivity contribution in [3.05, 3.63) is 106 Å². The summed E-state index contributed by atoms with van der Waals surface area (Å²) in [4.78, 5) is 0. The molecule has 4 aromatic carbocycles. The minimum Gasteiger partial charge on any atom is -0.0654 e. The van der Waals surface area contributed by atoms with E-state index in [1.54, 1.807) is 11.1 Å². The Morgan fingerprint density at radius 2 is 0.909 bits per heavy atom. The van der Waals surface area contributed by atoms with Crippen LogP contribution in [0.15, 0.2) is 72.8 Å². The highest BCUT2D eigenvalue weighted by Gasteiger charge is 2.42. The number of aryl methyl sites for hydroxylation is 2. The third kappa shape index (κ3) is 6.20. The van der Waals surface area contributed by atoms with Crippen LogP contribution in [0, 0.1) is 13.8 Å². The first kappa shape index (κ1) is 30.9. The second-order valence-electron chi connectivity index (χ2n) is 14.1. The van der Waals surface area contributed by atoms with Gasteiger partial charge in [0.05, 0.1) is 0 Å². The van der Waals surface area contributed by atoms with E-state index >= 15 is 0 Å². The molecule has 0 aromatic heterocycles. The highest BCUT2D eigenvalue weighted by Crippen LogP contribution is 2.55. The zero-order valence-corrected chi connectivity index (χ0v) is 28.0. The van der Waals surface area contributed by atoms with Gasteiger partial charge in [-0.15, -0.1) is 0 Å². The van der Waals surface area contributed by atoms with Crippen LogP contribution in [0.4, 0.5) is 0 Å². The van der Waals surface area contributed by atoms with Gasteiger partial charge in [-0.05, 0) is 94.8 Å². The third-order valence-electron chi connectivity index (χ3n) is 10.8. The number of fused-ring (bicyclic) bond motifs is 6. The second-order valence-corrected chi connectivity index (χ2v) is 14.1. The Bertz CT molecular complexity index is 1570. The van der Waals surface area contributed by atoms with Gasteiger partial charge in [-0.1, -0.05) is 169 Å². The molecular weight excluding hydrogens is 528 g/mol. The first-order chi connectivity index (χ1) is 21.5. The molecule has 0 bridgehead atoms. The maximum absolute atomic E-state index is 2.62. The van der Waals surface area contributed by atoms with Crippen LogP contribution in [0.1, 0.15) is 137 Å². The van der Waals surface area contributed by atoms with Gasteiger partial charge in [0.15, 0.2) is 0 Å². The molecule has 0 nitrogen and oxygen atoms in total. The van der Waals surface area contributed by atoms with E-state index in [1.165, 1.54) is 146 Å². The Balaban J connectivity index is 1.35. The lowest BCUT2D eigenvalue weighted by Gasteiger charge is -2.33. The molecule has 0 saturated carbocycles. The molecule has 0 radical (unpaired) electrons. The molecule has 0 unspecified atom stereocenters. The van der Waals surface area contributed by atoms with Crippen LogP contribution in [0.3, 0.4) is 0 Å². The molecule has 0 N–H and O–H groups in total. The van der Waals surface area contributed by atoms with Crippen molar-refractivity contribution in [1.82, 2.24) is 0 Å². The van der Waals surface area contributed by atoms with E-state index in [0.29, 0.717) is 0 Å². The highest BCUT2D eigenvalue weighted by molar-refractivity contribution is 5.85. The van der Waals surface area contributed by atoms with Crippen LogP contribution < -0.4 is 0 Å². The second kappa shape index (κ2) is 13.9. The third-order valence-corrected chi connectivity index (χ3v) is 10.8. The van der Waals surface area contributed by atoms with Crippen molar-refractivity contribution in [3.63, 3.8) is 0 Å². The van der Waals surface area contributed by atoms with Crippen LogP contribution in [-0.2, 0) is 11.8 Å². The van der Waals surface area contributed by atoms with E-state index in [4.69, 9.17) is 0 Å². The van der Waals surface area contributed by atoms with Crippen LogP contribution in [0.5, 0.6) is 0 Å². The van der Waals surface area contributed by atoms with Crippen LogP contribution >= 0.6 is 0 Å². The van der Waals surface area contributed by atoms with E-state index in [9.17, 15) is 0 Å². The van der Waals surface area contributed by atoms with E-state index < -0.39 is 0 Å². The Kier molecular flexibility index (Phi) is 9.75. The highest BCUT2D eigenvalue weighted by atomic mass is 14.4. The maximum atomic E-state index is 2.62. The van der Waals surface area contributed by atoms with Gasteiger partial charge in [-0.3, -0.25) is 0 Å². The Morgan fingerprint density at radius 3 is 1.55 bits per heavy atom. The lowest BCUT2D eigenvalue weighted by atomic mass is 9.70. The summed E-state index contributed by atoms with van der Waals surface area (Å²) in [6.07, 6.45) is 19.9. The minimum atomic E-state index is 0.132. The molecule has 6 rings (SSSR count). The van der Waals surface area contributed by atoms with Gasteiger partial charge in [0.25, 0.3) is 0 Å². The molecule has 2 aliphatic carbocycles. The largest absolute Gasteiger partial charge is 0.0654 e. The standard InChI is InChI=1S/C44H54/c1-5-7-9-11-13-15-25-44(26-16-14-12-10-8-6-2)42-28-33(4)18-22-40(42)41-24-20-35(31-43(41)44)34-19-23-39-37(29-34)30-36-27-32(3)17-21-38(36)39/h17-24,27-29,31H,5-16,25-26,30H2,1-4H3. The maximum Gasteiger partial charge on any atom is 0.0215 e. The molecule has 2 aliphatic rings. The fourth-order valence-electron chi connectivity index (χ4n) is 8.39.